The number of amides is 1. The molecule has 4 nitrogen and oxygen atoms in total. The number of carbonyl (C=O) groups excluding carboxylic acids is 2. The van der Waals surface area contributed by atoms with E-state index < -0.39 is 0 Å². The molecule has 6 rings (SSSR count). The Labute approximate surface area is 243 Å². The lowest BCUT2D eigenvalue weighted by Crippen LogP contribution is -2.36. The molecule has 41 heavy (non-hydrogen) atoms. The number of Topliss-reactive ketones (excluding diaryl/α,β-unsaturated/α-hetero) is 1. The van der Waals surface area contributed by atoms with Crippen LogP contribution < -0.4 is 4.90 Å². The molecule has 1 aliphatic heterocycles. The lowest BCUT2D eigenvalue weighted by molar-refractivity contribution is 0.0877. The second kappa shape index (κ2) is 12.7. The molecule has 4 aromatic rings. The molecular weight excluding hydrogens is 504 g/mol. The molecule has 0 saturated carbocycles. The highest BCUT2D eigenvalue weighted by molar-refractivity contribution is 6.10. The number of hydrogen-bond acceptors (Lipinski definition) is 3. The van der Waals surface area contributed by atoms with Crippen LogP contribution in [0.5, 0.6) is 0 Å². The molecule has 208 valence electrons. The van der Waals surface area contributed by atoms with E-state index in [1.807, 2.05) is 83.8 Å². The average Bonchev–Trinajstić information content (AvgIpc) is 3.04. The lowest BCUT2D eigenvalue weighted by Gasteiger charge is -2.33. The summed E-state index contributed by atoms with van der Waals surface area (Å²) < 4.78 is 0. The van der Waals surface area contributed by atoms with Gasteiger partial charge in [-0.3, -0.25) is 9.59 Å². The summed E-state index contributed by atoms with van der Waals surface area (Å²) in [6.07, 6.45) is 4.81. The van der Waals surface area contributed by atoms with Gasteiger partial charge in [-0.25, -0.2) is 0 Å². The van der Waals surface area contributed by atoms with Crippen molar-refractivity contribution in [2.45, 2.75) is 44.6 Å². The molecule has 0 spiro atoms. The molecule has 1 heterocycles. The van der Waals surface area contributed by atoms with E-state index in [9.17, 15) is 9.59 Å². The van der Waals surface area contributed by atoms with Crippen molar-refractivity contribution in [3.8, 4) is 0 Å². The molecule has 1 amide bonds. The van der Waals surface area contributed by atoms with Gasteiger partial charge in [-0.05, 0) is 92.5 Å². The molecule has 0 N–H and O–H groups in total. The van der Waals surface area contributed by atoms with Crippen molar-refractivity contribution < 1.29 is 9.59 Å². The Morgan fingerprint density at radius 2 is 1.41 bits per heavy atom. The number of hydrogen-bond donors (Lipinski definition) is 0. The van der Waals surface area contributed by atoms with E-state index in [-0.39, 0.29) is 17.6 Å². The largest absolute Gasteiger partial charge is 0.304 e. The second-order valence-electron chi connectivity index (χ2n) is 11.5. The highest BCUT2D eigenvalue weighted by atomic mass is 16.2. The minimum atomic E-state index is -0.0514. The summed E-state index contributed by atoms with van der Waals surface area (Å²) in [6.45, 7) is 3.62. The normalized spacial score (nSPS) is 17.7. The van der Waals surface area contributed by atoms with E-state index in [1.54, 1.807) is 0 Å². The maximum Gasteiger partial charge on any atom is 0.258 e. The Bertz CT molecular complexity index is 1460. The molecule has 4 heteroatoms. The number of piperidine rings is 1. The summed E-state index contributed by atoms with van der Waals surface area (Å²) in [6, 6.07) is 36.4. The fourth-order valence-corrected chi connectivity index (χ4v) is 6.59. The molecule has 0 bridgehead atoms. The Morgan fingerprint density at radius 3 is 2.12 bits per heavy atom. The standard InChI is InChI=1S/C37H38N2O2/c40-36-31(23-26-38-24-21-30(22-25-38)29-13-6-2-7-14-29)19-20-33-34(36)17-10-18-35(33)37(41)39(32-15-8-3-9-16-32)27-28-11-4-1-5-12-28/h1-18,30-31H,19-27H2. The number of carbonyl (C=O) groups is 2. The van der Waals surface area contributed by atoms with Crippen LogP contribution in [0.25, 0.3) is 0 Å². The number of para-hydroxylation sites is 1. The number of nitrogens with zero attached hydrogens (tertiary/aromatic N) is 2. The third kappa shape index (κ3) is 6.18. The van der Waals surface area contributed by atoms with Gasteiger partial charge in [0, 0.05) is 22.7 Å². The highest BCUT2D eigenvalue weighted by Gasteiger charge is 2.32. The van der Waals surface area contributed by atoms with Crippen molar-refractivity contribution in [3.05, 3.63) is 137 Å². The molecular formula is C37H38N2O2. The topological polar surface area (TPSA) is 40.6 Å². The van der Waals surface area contributed by atoms with Crippen molar-refractivity contribution in [2.75, 3.05) is 24.5 Å². The number of ketones is 1. The van der Waals surface area contributed by atoms with E-state index in [0.717, 1.165) is 61.3 Å². The van der Waals surface area contributed by atoms with Gasteiger partial charge < -0.3 is 9.80 Å². The van der Waals surface area contributed by atoms with E-state index in [4.69, 9.17) is 0 Å². The van der Waals surface area contributed by atoms with Crippen LogP contribution in [-0.4, -0.2) is 36.2 Å². The maximum absolute atomic E-state index is 14.1. The second-order valence-corrected chi connectivity index (χ2v) is 11.5. The van der Waals surface area contributed by atoms with E-state index in [1.165, 1.54) is 18.4 Å². The van der Waals surface area contributed by atoms with Crippen LogP contribution in [0.4, 0.5) is 5.69 Å². The first kappa shape index (κ1) is 27.2. The SMILES string of the molecule is O=C1c2cccc(C(=O)N(Cc3ccccc3)c3ccccc3)c2CCC1CCN1CCC(c2ccccc2)CC1. The molecule has 1 aliphatic carbocycles. The number of rotatable bonds is 8. The molecule has 0 aromatic heterocycles. The average molecular weight is 543 g/mol. The number of benzene rings is 4. The Morgan fingerprint density at radius 1 is 0.756 bits per heavy atom. The first-order valence-corrected chi connectivity index (χ1v) is 15.0. The summed E-state index contributed by atoms with van der Waals surface area (Å²) in [5, 5.41) is 0. The molecule has 0 radical (unpaired) electrons. The van der Waals surface area contributed by atoms with Crippen LogP contribution in [0, 0.1) is 5.92 Å². The van der Waals surface area contributed by atoms with Crippen LogP contribution >= 0.6 is 0 Å². The summed E-state index contributed by atoms with van der Waals surface area (Å²) in [5.74, 6) is 0.817. The van der Waals surface area contributed by atoms with Gasteiger partial charge in [0.1, 0.15) is 0 Å². The fraction of sp³-hybridized carbons (Fsp3) is 0.297. The predicted octanol–water partition coefficient (Wildman–Crippen LogP) is 7.55. The minimum Gasteiger partial charge on any atom is -0.304 e. The Kier molecular flexibility index (Phi) is 8.39. The van der Waals surface area contributed by atoms with Gasteiger partial charge in [-0.2, -0.15) is 0 Å². The van der Waals surface area contributed by atoms with Crippen LogP contribution in [-0.2, 0) is 13.0 Å². The van der Waals surface area contributed by atoms with E-state index >= 15 is 0 Å². The summed E-state index contributed by atoms with van der Waals surface area (Å²) >= 11 is 0. The zero-order valence-corrected chi connectivity index (χ0v) is 23.6. The predicted molar refractivity (Wildman–Crippen MR) is 165 cm³/mol. The van der Waals surface area contributed by atoms with Crippen molar-refractivity contribution in [2.24, 2.45) is 5.92 Å². The van der Waals surface area contributed by atoms with Gasteiger partial charge in [-0.1, -0.05) is 91.0 Å². The van der Waals surface area contributed by atoms with Crippen LogP contribution in [0.2, 0.25) is 0 Å². The fourth-order valence-electron chi connectivity index (χ4n) is 6.59. The quantitative estimate of drug-likeness (QED) is 0.231. The van der Waals surface area contributed by atoms with Gasteiger partial charge in [0.15, 0.2) is 5.78 Å². The van der Waals surface area contributed by atoms with Crippen molar-refractivity contribution in [3.63, 3.8) is 0 Å². The van der Waals surface area contributed by atoms with Gasteiger partial charge in [-0.15, -0.1) is 0 Å². The van der Waals surface area contributed by atoms with Crippen molar-refractivity contribution >= 4 is 17.4 Å². The lowest BCUT2D eigenvalue weighted by atomic mass is 9.79. The maximum atomic E-state index is 14.1. The first-order chi connectivity index (χ1) is 20.2. The van der Waals surface area contributed by atoms with Gasteiger partial charge in [0.2, 0.25) is 0 Å². The zero-order valence-electron chi connectivity index (χ0n) is 23.6. The molecule has 1 unspecified atom stereocenters. The van der Waals surface area contributed by atoms with Crippen LogP contribution in [0.1, 0.15) is 69.0 Å². The molecule has 1 saturated heterocycles. The first-order valence-electron chi connectivity index (χ1n) is 15.0. The number of likely N-dealkylation sites (tertiary alicyclic amines) is 1. The molecule has 4 aromatic carbocycles. The number of anilines is 1. The third-order valence-electron chi connectivity index (χ3n) is 8.93. The van der Waals surface area contributed by atoms with E-state index in [0.29, 0.717) is 18.0 Å². The summed E-state index contributed by atoms with van der Waals surface area (Å²) in [5.41, 5.74) is 5.68. The monoisotopic (exact) mass is 542 g/mol. The molecule has 1 fully saturated rings. The number of fused-ring (bicyclic) bond motifs is 1. The van der Waals surface area contributed by atoms with Gasteiger partial charge >= 0.3 is 0 Å². The van der Waals surface area contributed by atoms with Crippen molar-refractivity contribution in [1.29, 1.82) is 0 Å². The Balaban J connectivity index is 1.13. The van der Waals surface area contributed by atoms with Crippen LogP contribution in [0.15, 0.2) is 109 Å². The summed E-state index contributed by atoms with van der Waals surface area (Å²) in [7, 11) is 0. The van der Waals surface area contributed by atoms with Gasteiger partial charge in [0.25, 0.3) is 5.91 Å². The Hall–Kier alpha value is -4.02. The highest BCUT2D eigenvalue weighted by Crippen LogP contribution is 2.33. The molecule has 1 atom stereocenters. The van der Waals surface area contributed by atoms with Crippen molar-refractivity contribution in [1.82, 2.24) is 4.90 Å². The van der Waals surface area contributed by atoms with Gasteiger partial charge in [0.05, 0.1) is 6.54 Å². The zero-order chi connectivity index (χ0) is 28.0. The van der Waals surface area contributed by atoms with E-state index in [2.05, 4.69) is 35.2 Å². The van der Waals surface area contributed by atoms with Crippen LogP contribution in [0.3, 0.4) is 0 Å². The molecule has 2 aliphatic rings. The summed E-state index contributed by atoms with van der Waals surface area (Å²) in [4.78, 5) is 32.1. The smallest absolute Gasteiger partial charge is 0.258 e. The third-order valence-corrected chi connectivity index (χ3v) is 8.93. The minimum absolute atomic E-state index is 0.0224.